The number of thiazole rings is 1. The van der Waals surface area contributed by atoms with Crippen LogP contribution in [0.3, 0.4) is 0 Å². The van der Waals surface area contributed by atoms with Crippen molar-refractivity contribution in [2.45, 2.75) is 12.1 Å². The van der Waals surface area contributed by atoms with Crippen molar-refractivity contribution in [2.75, 3.05) is 25.7 Å². The summed E-state index contributed by atoms with van der Waals surface area (Å²) in [6.45, 7) is -0.864. The molecule has 0 unspecified atom stereocenters. The fraction of sp³-hybridized carbons (Fsp3) is 0.455. The fourth-order valence-electron chi connectivity index (χ4n) is 2.21. The van der Waals surface area contributed by atoms with Gasteiger partial charge < -0.3 is 20.4 Å². The summed E-state index contributed by atoms with van der Waals surface area (Å²) in [6, 6.07) is -3.13. The molecule has 156 valence electrons. The summed E-state index contributed by atoms with van der Waals surface area (Å²) in [7, 11) is -8.12. The van der Waals surface area contributed by atoms with E-state index < -0.39 is 50.9 Å². The molecule has 3 N–H and O–H groups in total. The number of nitrogens with two attached hydrogens (primary N) is 1. The van der Waals surface area contributed by atoms with E-state index in [2.05, 4.69) is 24.5 Å². The zero-order valence-corrected chi connectivity index (χ0v) is 19.7. The van der Waals surface area contributed by atoms with Gasteiger partial charge in [-0.1, -0.05) is 5.16 Å². The fourth-order valence-corrected chi connectivity index (χ4v) is 3.99. The maximum atomic E-state index is 12.4. The minimum Gasteiger partial charge on any atom is -0.731 e. The van der Waals surface area contributed by atoms with E-state index >= 15 is 0 Å². The quantitative estimate of drug-likeness (QED) is 0.0895. The molecule has 0 aliphatic carbocycles. The van der Waals surface area contributed by atoms with Crippen LogP contribution in [0.25, 0.3) is 0 Å². The molecule has 0 spiro atoms. The van der Waals surface area contributed by atoms with Gasteiger partial charge in [0.25, 0.3) is 21.9 Å². The SMILES string of the molecule is CO/N=C(\C(=O)N[C@H]1C(=O)N(S(=O)(=O)[O-])[C@H]1COS(C)(=O)=O)c1csc(N)n1.[Na+]. The van der Waals surface area contributed by atoms with Gasteiger partial charge in [-0.25, -0.2) is 17.7 Å². The Morgan fingerprint density at radius 1 is 1.45 bits per heavy atom. The molecule has 0 aromatic carbocycles. The molecule has 14 nitrogen and oxygen atoms in total. The summed E-state index contributed by atoms with van der Waals surface area (Å²) in [5, 5.41) is 7.14. The second-order valence-electron chi connectivity index (χ2n) is 5.29. The van der Waals surface area contributed by atoms with E-state index in [1.165, 1.54) is 5.38 Å². The Bertz CT molecular complexity index is 1020. The number of carbonyl (C=O) groups is 2. The average molecular weight is 479 g/mol. The van der Waals surface area contributed by atoms with Crippen LogP contribution in [0.1, 0.15) is 5.69 Å². The first-order valence-electron chi connectivity index (χ1n) is 7.12. The van der Waals surface area contributed by atoms with E-state index in [4.69, 9.17) is 5.73 Å². The number of nitrogens with one attached hydrogen (secondary N) is 1. The van der Waals surface area contributed by atoms with E-state index in [0.29, 0.717) is 6.26 Å². The van der Waals surface area contributed by atoms with Gasteiger partial charge in [0.1, 0.15) is 24.9 Å². The third kappa shape index (κ3) is 6.32. The van der Waals surface area contributed by atoms with Crippen LogP contribution in [0.2, 0.25) is 0 Å². The van der Waals surface area contributed by atoms with Gasteiger partial charge in [0.2, 0.25) is 0 Å². The van der Waals surface area contributed by atoms with Crippen molar-refractivity contribution in [1.29, 1.82) is 0 Å². The Hall–Kier alpha value is -1.34. The van der Waals surface area contributed by atoms with Crippen LogP contribution >= 0.6 is 11.3 Å². The molecule has 29 heavy (non-hydrogen) atoms. The molecular weight excluding hydrogens is 465 g/mol. The minimum atomic E-state index is -5.25. The van der Waals surface area contributed by atoms with Crippen molar-refractivity contribution in [1.82, 2.24) is 14.6 Å². The molecule has 2 heterocycles. The maximum absolute atomic E-state index is 12.4. The number of carbonyl (C=O) groups excluding carboxylic acids is 2. The molecule has 18 heteroatoms. The summed E-state index contributed by atoms with van der Waals surface area (Å²) < 4.78 is 60.2. The molecule has 0 bridgehead atoms. The van der Waals surface area contributed by atoms with Crippen molar-refractivity contribution in [3.63, 3.8) is 0 Å². The number of β-lactam (4-membered cyclic amide) rings is 1. The Balaban J connectivity index is 0.00000420. The number of anilines is 1. The molecule has 0 radical (unpaired) electrons. The van der Waals surface area contributed by atoms with E-state index in [-0.39, 0.29) is 50.4 Å². The molecule has 1 saturated heterocycles. The third-order valence-electron chi connectivity index (χ3n) is 3.31. The molecule has 1 aliphatic heterocycles. The molecule has 2 amide bonds. The molecule has 1 aromatic heterocycles. The second-order valence-corrected chi connectivity index (χ2v) is 9.07. The summed E-state index contributed by atoms with van der Waals surface area (Å²) in [5.41, 5.74) is 5.13. The Morgan fingerprint density at radius 2 is 2.07 bits per heavy atom. The molecule has 2 atom stereocenters. The Labute approximate surface area is 191 Å². The molecule has 1 fully saturated rings. The van der Waals surface area contributed by atoms with Gasteiger partial charge in [0.05, 0.1) is 12.9 Å². The number of aromatic nitrogens is 1. The number of hydrogen-bond acceptors (Lipinski definition) is 13. The Kier molecular flexibility index (Phi) is 8.55. The van der Waals surface area contributed by atoms with Gasteiger partial charge in [-0.2, -0.15) is 8.42 Å². The third-order valence-corrected chi connectivity index (χ3v) is 5.48. The number of rotatable bonds is 8. The number of nitrogens with zero attached hydrogens (tertiary/aromatic N) is 3. The van der Waals surface area contributed by atoms with Crippen LogP contribution in [0.15, 0.2) is 10.5 Å². The second kappa shape index (κ2) is 9.65. The van der Waals surface area contributed by atoms with Gasteiger partial charge in [0.15, 0.2) is 21.1 Å². The summed E-state index contributed by atoms with van der Waals surface area (Å²) >= 11 is 0.998. The van der Waals surface area contributed by atoms with Crippen molar-refractivity contribution in [2.24, 2.45) is 5.16 Å². The number of hydrogen-bond donors (Lipinski definition) is 2. The largest absolute Gasteiger partial charge is 1.00 e. The van der Waals surface area contributed by atoms with E-state index in [1.54, 1.807) is 0 Å². The molecule has 1 aliphatic rings. The first kappa shape index (κ1) is 25.7. The van der Waals surface area contributed by atoms with Gasteiger partial charge in [-0.05, 0) is 0 Å². The van der Waals surface area contributed by atoms with Crippen molar-refractivity contribution >= 4 is 54.4 Å². The topological polar surface area (TPSA) is 210 Å². The standard InChI is InChI=1S/C11H15N5O9S3.Na/c1-24-15-7(5-4-26-11(12)13-5)9(17)14-8-6(3-25-27(2,19)20)16(10(8)18)28(21,22)23;/h4,6,8H,3H2,1-2H3,(H2,12,13)(H,14,17)(H,21,22,23);/q;+1/p-1/b15-7-;/t6-,8+;/m0./s1. The smallest absolute Gasteiger partial charge is 0.731 e. The van der Waals surface area contributed by atoms with Gasteiger partial charge in [0, 0.05) is 5.38 Å². The van der Waals surface area contributed by atoms with Crippen molar-refractivity contribution in [3.8, 4) is 0 Å². The van der Waals surface area contributed by atoms with Crippen LogP contribution < -0.4 is 40.6 Å². The molecular formula is C11H14N5NaO9S3. The average Bonchev–Trinajstić information content (AvgIpc) is 2.97. The monoisotopic (exact) mass is 479 g/mol. The van der Waals surface area contributed by atoms with Crippen LogP contribution in [0.4, 0.5) is 5.13 Å². The van der Waals surface area contributed by atoms with E-state index in [9.17, 15) is 31.0 Å². The van der Waals surface area contributed by atoms with Gasteiger partial charge >= 0.3 is 29.6 Å². The van der Waals surface area contributed by atoms with Crippen LogP contribution in [0, 0.1) is 0 Å². The van der Waals surface area contributed by atoms with Crippen molar-refractivity contribution < 1.29 is 69.6 Å². The van der Waals surface area contributed by atoms with E-state index in [0.717, 1.165) is 18.4 Å². The number of oxime groups is 1. The van der Waals surface area contributed by atoms with Gasteiger partial charge in [-0.15, -0.1) is 11.3 Å². The minimum absolute atomic E-state index is 0. The van der Waals surface area contributed by atoms with E-state index in [1.807, 2.05) is 0 Å². The van der Waals surface area contributed by atoms with Crippen LogP contribution in [0.5, 0.6) is 0 Å². The maximum Gasteiger partial charge on any atom is 1.00 e. The first-order valence-corrected chi connectivity index (χ1v) is 11.2. The van der Waals surface area contributed by atoms with Crippen molar-refractivity contribution in [3.05, 3.63) is 11.1 Å². The number of nitrogen functional groups attached to an aromatic ring is 1. The predicted octanol–water partition coefficient (Wildman–Crippen LogP) is -5.79. The van der Waals surface area contributed by atoms with Crippen LogP contribution in [-0.2, 0) is 39.0 Å². The number of amides is 2. The summed E-state index contributed by atoms with van der Waals surface area (Å²) in [4.78, 5) is 32.9. The zero-order valence-electron chi connectivity index (χ0n) is 15.3. The Morgan fingerprint density at radius 3 is 2.52 bits per heavy atom. The summed E-state index contributed by atoms with van der Waals surface area (Å²) in [6.07, 6.45) is 0.688. The predicted molar refractivity (Wildman–Crippen MR) is 93.1 cm³/mol. The molecule has 2 rings (SSSR count). The van der Waals surface area contributed by atoms with Gasteiger partial charge in [-0.3, -0.25) is 13.8 Å². The first-order chi connectivity index (χ1) is 12.8. The summed E-state index contributed by atoms with van der Waals surface area (Å²) in [5.74, 6) is -2.27. The normalized spacial score (nSPS) is 19.9. The van der Waals surface area contributed by atoms with Crippen LogP contribution in [-0.4, -0.2) is 80.3 Å². The zero-order chi connectivity index (χ0) is 21.3. The molecule has 0 saturated carbocycles. The molecule has 1 aromatic rings.